The van der Waals surface area contributed by atoms with Crippen LogP contribution in [0.15, 0.2) is 30.5 Å². The molecule has 2 aliphatic heterocycles. The minimum atomic E-state index is -0.0809. The van der Waals surface area contributed by atoms with E-state index < -0.39 is 0 Å². The average molecular weight is 391 g/mol. The summed E-state index contributed by atoms with van der Waals surface area (Å²) in [6, 6.07) is 7.47. The SMILES string of the molecule is O=C1CC2(CCN(C(=O)NCc3cnc(-c4ccc(Cl)cc4)s3)C2)CN1. The molecule has 4 rings (SSSR count). The molecule has 0 saturated carbocycles. The van der Waals surface area contributed by atoms with Crippen LogP contribution in [0.4, 0.5) is 4.79 Å². The van der Waals surface area contributed by atoms with Crippen molar-refractivity contribution in [1.82, 2.24) is 20.5 Å². The molecule has 1 aromatic heterocycles. The average Bonchev–Trinajstić information content (AvgIpc) is 3.35. The molecule has 0 radical (unpaired) electrons. The smallest absolute Gasteiger partial charge is 0.317 e. The second kappa shape index (κ2) is 6.89. The predicted molar refractivity (Wildman–Crippen MR) is 101 cm³/mol. The second-order valence-corrected chi connectivity index (χ2v) is 8.47. The number of hydrogen-bond donors (Lipinski definition) is 2. The fourth-order valence-corrected chi connectivity index (χ4v) is 4.52. The molecule has 8 heteroatoms. The van der Waals surface area contributed by atoms with Gasteiger partial charge in [-0.2, -0.15) is 0 Å². The summed E-state index contributed by atoms with van der Waals surface area (Å²) in [5, 5.41) is 7.44. The normalized spacial score (nSPS) is 22.0. The molecule has 1 atom stereocenters. The molecular weight excluding hydrogens is 372 g/mol. The van der Waals surface area contributed by atoms with Gasteiger partial charge < -0.3 is 15.5 Å². The number of carbonyl (C=O) groups excluding carboxylic acids is 2. The van der Waals surface area contributed by atoms with Gasteiger partial charge in [0.1, 0.15) is 5.01 Å². The van der Waals surface area contributed by atoms with E-state index in [4.69, 9.17) is 11.6 Å². The zero-order valence-electron chi connectivity index (χ0n) is 14.1. The van der Waals surface area contributed by atoms with Crippen LogP contribution in [-0.2, 0) is 11.3 Å². The molecule has 2 aromatic rings. The standard InChI is InChI=1S/C18H19ClN4O2S/c19-13-3-1-12(2-4-13)16-20-8-14(26-16)9-21-17(25)23-6-5-18(11-23)7-15(24)22-10-18/h1-4,8H,5-7,9-11H2,(H,21,25)(H,22,24). The van der Waals surface area contributed by atoms with Crippen molar-refractivity contribution >= 4 is 34.9 Å². The van der Waals surface area contributed by atoms with Crippen LogP contribution in [-0.4, -0.2) is 41.5 Å². The summed E-state index contributed by atoms with van der Waals surface area (Å²) in [7, 11) is 0. The molecule has 1 spiro atoms. The number of urea groups is 1. The molecule has 0 aliphatic carbocycles. The number of likely N-dealkylation sites (tertiary alicyclic amines) is 1. The lowest BCUT2D eigenvalue weighted by molar-refractivity contribution is -0.119. The van der Waals surface area contributed by atoms with E-state index in [1.165, 1.54) is 0 Å². The predicted octanol–water partition coefficient (Wildman–Crippen LogP) is 2.89. The van der Waals surface area contributed by atoms with Crippen LogP contribution in [0.2, 0.25) is 5.02 Å². The third-order valence-electron chi connectivity index (χ3n) is 4.98. The van der Waals surface area contributed by atoms with E-state index in [1.807, 2.05) is 24.3 Å². The first kappa shape index (κ1) is 17.3. The summed E-state index contributed by atoms with van der Waals surface area (Å²) in [6.07, 6.45) is 3.19. The molecule has 2 N–H and O–H groups in total. The van der Waals surface area contributed by atoms with E-state index in [0.717, 1.165) is 21.9 Å². The van der Waals surface area contributed by atoms with Gasteiger partial charge in [0.05, 0.1) is 6.54 Å². The monoisotopic (exact) mass is 390 g/mol. The third-order valence-corrected chi connectivity index (χ3v) is 6.28. The number of nitrogens with zero attached hydrogens (tertiary/aromatic N) is 2. The summed E-state index contributed by atoms with van der Waals surface area (Å²) in [6.45, 7) is 2.45. The number of carbonyl (C=O) groups is 2. The van der Waals surface area contributed by atoms with E-state index in [0.29, 0.717) is 37.6 Å². The minimum Gasteiger partial charge on any atom is -0.355 e. The van der Waals surface area contributed by atoms with Crippen molar-refractivity contribution < 1.29 is 9.59 Å². The Morgan fingerprint density at radius 3 is 2.92 bits per heavy atom. The molecule has 26 heavy (non-hydrogen) atoms. The van der Waals surface area contributed by atoms with Gasteiger partial charge in [0, 0.05) is 53.1 Å². The highest BCUT2D eigenvalue weighted by atomic mass is 35.5. The number of benzene rings is 1. The highest BCUT2D eigenvalue weighted by molar-refractivity contribution is 7.15. The highest BCUT2D eigenvalue weighted by Crippen LogP contribution is 2.36. The Morgan fingerprint density at radius 2 is 2.19 bits per heavy atom. The van der Waals surface area contributed by atoms with Gasteiger partial charge in [-0.25, -0.2) is 9.78 Å². The number of hydrogen-bond acceptors (Lipinski definition) is 4. The van der Waals surface area contributed by atoms with Crippen molar-refractivity contribution in [2.75, 3.05) is 19.6 Å². The van der Waals surface area contributed by atoms with Crippen LogP contribution in [0.25, 0.3) is 10.6 Å². The fraction of sp³-hybridized carbons (Fsp3) is 0.389. The number of nitrogens with one attached hydrogen (secondary N) is 2. The maximum atomic E-state index is 12.4. The van der Waals surface area contributed by atoms with E-state index in [-0.39, 0.29) is 17.4 Å². The molecule has 0 bridgehead atoms. The zero-order chi connectivity index (χ0) is 18.1. The molecule has 3 heterocycles. The van der Waals surface area contributed by atoms with Gasteiger partial charge in [-0.3, -0.25) is 4.79 Å². The van der Waals surface area contributed by atoms with Crippen LogP contribution in [0, 0.1) is 5.41 Å². The lowest BCUT2D eigenvalue weighted by Crippen LogP contribution is -2.39. The summed E-state index contributed by atoms with van der Waals surface area (Å²) >= 11 is 7.47. The van der Waals surface area contributed by atoms with E-state index in [1.54, 1.807) is 22.4 Å². The number of thiazole rings is 1. The number of amides is 3. The Kier molecular flexibility index (Phi) is 4.58. The molecule has 6 nitrogen and oxygen atoms in total. The quantitative estimate of drug-likeness (QED) is 0.846. The molecule has 2 saturated heterocycles. The first-order chi connectivity index (χ1) is 12.5. The van der Waals surface area contributed by atoms with Crippen LogP contribution < -0.4 is 10.6 Å². The van der Waals surface area contributed by atoms with Gasteiger partial charge in [0.15, 0.2) is 0 Å². The first-order valence-corrected chi connectivity index (χ1v) is 9.73. The molecule has 1 aromatic carbocycles. The Balaban J connectivity index is 1.32. The zero-order valence-corrected chi connectivity index (χ0v) is 15.7. The Labute approximate surface area is 160 Å². The van der Waals surface area contributed by atoms with E-state index >= 15 is 0 Å². The third kappa shape index (κ3) is 3.54. The molecule has 3 amide bonds. The molecular formula is C18H19ClN4O2S. The molecule has 2 aliphatic rings. The first-order valence-electron chi connectivity index (χ1n) is 8.53. The molecule has 1 unspecified atom stereocenters. The van der Waals surface area contributed by atoms with E-state index in [2.05, 4.69) is 15.6 Å². The Hall–Kier alpha value is -2.12. The number of halogens is 1. The highest BCUT2D eigenvalue weighted by Gasteiger charge is 2.45. The largest absolute Gasteiger partial charge is 0.355 e. The van der Waals surface area contributed by atoms with Crippen LogP contribution in [0.5, 0.6) is 0 Å². The lowest BCUT2D eigenvalue weighted by Gasteiger charge is -2.21. The van der Waals surface area contributed by atoms with E-state index in [9.17, 15) is 9.59 Å². The lowest BCUT2D eigenvalue weighted by atomic mass is 9.86. The van der Waals surface area contributed by atoms with Crippen molar-refractivity contribution in [3.63, 3.8) is 0 Å². The minimum absolute atomic E-state index is 0.0688. The summed E-state index contributed by atoms with van der Waals surface area (Å²) in [5.41, 5.74) is 0.942. The van der Waals surface area contributed by atoms with Gasteiger partial charge in [0.2, 0.25) is 5.91 Å². The maximum absolute atomic E-state index is 12.4. The second-order valence-electron chi connectivity index (χ2n) is 6.92. The van der Waals surface area contributed by atoms with Crippen LogP contribution in [0.1, 0.15) is 17.7 Å². The maximum Gasteiger partial charge on any atom is 0.317 e. The van der Waals surface area contributed by atoms with Crippen LogP contribution in [0.3, 0.4) is 0 Å². The van der Waals surface area contributed by atoms with Crippen molar-refractivity contribution in [3.8, 4) is 10.6 Å². The van der Waals surface area contributed by atoms with Crippen LogP contribution >= 0.6 is 22.9 Å². The molecule has 136 valence electrons. The van der Waals surface area contributed by atoms with Gasteiger partial charge in [0.25, 0.3) is 0 Å². The van der Waals surface area contributed by atoms with Crippen molar-refractivity contribution in [3.05, 3.63) is 40.4 Å². The summed E-state index contributed by atoms with van der Waals surface area (Å²) in [4.78, 5) is 31.1. The number of rotatable bonds is 3. The van der Waals surface area contributed by atoms with Gasteiger partial charge in [-0.05, 0) is 18.6 Å². The fourth-order valence-electron chi connectivity index (χ4n) is 3.54. The topological polar surface area (TPSA) is 74.3 Å². The Morgan fingerprint density at radius 1 is 1.38 bits per heavy atom. The van der Waals surface area contributed by atoms with Crippen molar-refractivity contribution in [1.29, 1.82) is 0 Å². The number of aromatic nitrogens is 1. The van der Waals surface area contributed by atoms with Crippen molar-refractivity contribution in [2.24, 2.45) is 5.41 Å². The Bertz CT molecular complexity index is 838. The van der Waals surface area contributed by atoms with Gasteiger partial charge in [-0.1, -0.05) is 23.7 Å². The molecule has 2 fully saturated rings. The summed E-state index contributed by atoms with van der Waals surface area (Å²) < 4.78 is 0. The van der Waals surface area contributed by atoms with Crippen molar-refractivity contribution in [2.45, 2.75) is 19.4 Å². The summed E-state index contributed by atoms with van der Waals surface area (Å²) in [5.74, 6) is 0.0895. The van der Waals surface area contributed by atoms with Gasteiger partial charge >= 0.3 is 6.03 Å². The van der Waals surface area contributed by atoms with Gasteiger partial charge in [-0.15, -0.1) is 11.3 Å².